The molecule has 2 aromatic carbocycles. The summed E-state index contributed by atoms with van der Waals surface area (Å²) in [6.07, 6.45) is 0. The van der Waals surface area contributed by atoms with Gasteiger partial charge in [0, 0.05) is 12.1 Å². The molecule has 4 rings (SSSR count). The van der Waals surface area contributed by atoms with E-state index in [0.29, 0.717) is 5.02 Å². The summed E-state index contributed by atoms with van der Waals surface area (Å²) in [6.45, 7) is 0. The van der Waals surface area contributed by atoms with Crippen LogP contribution in [0.2, 0.25) is 5.02 Å². The van der Waals surface area contributed by atoms with E-state index < -0.39 is 17.3 Å². The van der Waals surface area contributed by atoms with E-state index >= 15 is 0 Å². The lowest BCUT2D eigenvalue weighted by atomic mass is 9.99. The molecule has 1 amide bonds. The monoisotopic (exact) mass is 343 g/mol. The number of amides is 1. The summed E-state index contributed by atoms with van der Waals surface area (Å²) in [6, 6.07) is 9.97. The van der Waals surface area contributed by atoms with E-state index in [-0.39, 0.29) is 28.2 Å². The molecule has 24 heavy (non-hydrogen) atoms. The quantitative estimate of drug-likeness (QED) is 0.676. The third kappa shape index (κ3) is 2.05. The highest BCUT2D eigenvalue weighted by molar-refractivity contribution is 6.30. The van der Waals surface area contributed by atoms with Crippen molar-refractivity contribution in [3.63, 3.8) is 0 Å². The minimum Gasteiger partial charge on any atom is -0.450 e. The van der Waals surface area contributed by atoms with Crippen LogP contribution in [-0.4, -0.2) is 17.9 Å². The molecular weight excluding hydrogens is 333 g/mol. The van der Waals surface area contributed by atoms with Crippen LogP contribution in [0.25, 0.3) is 11.0 Å². The van der Waals surface area contributed by atoms with Crippen LogP contribution in [0, 0.1) is 5.82 Å². The molecule has 0 spiro atoms. The lowest BCUT2D eigenvalue weighted by Gasteiger charge is -2.20. The van der Waals surface area contributed by atoms with E-state index in [9.17, 15) is 14.0 Å². The molecule has 0 aliphatic carbocycles. The van der Waals surface area contributed by atoms with Crippen molar-refractivity contribution in [2.45, 2.75) is 6.04 Å². The topological polar surface area (TPSA) is 50.5 Å². The third-order valence-electron chi connectivity index (χ3n) is 4.25. The number of fused-ring (bicyclic) bond motifs is 2. The average Bonchev–Trinajstić information content (AvgIpc) is 2.82. The fourth-order valence-corrected chi connectivity index (χ4v) is 3.22. The van der Waals surface area contributed by atoms with Crippen LogP contribution in [0.1, 0.15) is 27.7 Å². The van der Waals surface area contributed by atoms with Crippen LogP contribution in [0.5, 0.6) is 0 Å². The van der Waals surface area contributed by atoms with Gasteiger partial charge in [0.15, 0.2) is 5.43 Å². The zero-order valence-electron chi connectivity index (χ0n) is 12.5. The van der Waals surface area contributed by atoms with Crippen LogP contribution >= 0.6 is 11.6 Å². The maximum absolute atomic E-state index is 13.5. The van der Waals surface area contributed by atoms with Crippen molar-refractivity contribution in [1.29, 1.82) is 0 Å². The summed E-state index contributed by atoms with van der Waals surface area (Å²) in [4.78, 5) is 26.8. The number of rotatable bonds is 1. The van der Waals surface area contributed by atoms with Gasteiger partial charge in [-0.2, -0.15) is 0 Å². The minimum absolute atomic E-state index is 0.00144. The molecule has 0 radical (unpaired) electrons. The Kier molecular flexibility index (Phi) is 3.21. The van der Waals surface area contributed by atoms with Gasteiger partial charge in [0.2, 0.25) is 5.76 Å². The number of halogens is 2. The number of carbonyl (C=O) groups excluding carboxylic acids is 1. The Morgan fingerprint density at radius 3 is 2.54 bits per heavy atom. The van der Waals surface area contributed by atoms with Gasteiger partial charge < -0.3 is 9.32 Å². The van der Waals surface area contributed by atoms with Crippen molar-refractivity contribution in [2.24, 2.45) is 0 Å². The van der Waals surface area contributed by atoms with Crippen LogP contribution in [0.3, 0.4) is 0 Å². The molecule has 1 aliphatic rings. The molecule has 120 valence electrons. The Labute approximate surface area is 141 Å². The third-order valence-corrected chi connectivity index (χ3v) is 4.50. The number of carbonyl (C=O) groups is 1. The van der Waals surface area contributed by atoms with E-state index in [0.717, 1.165) is 11.6 Å². The van der Waals surface area contributed by atoms with Crippen LogP contribution in [-0.2, 0) is 0 Å². The molecular formula is C18H11ClFNO3. The zero-order chi connectivity index (χ0) is 17.0. The average molecular weight is 344 g/mol. The van der Waals surface area contributed by atoms with E-state index in [2.05, 4.69) is 0 Å². The first-order chi connectivity index (χ1) is 11.5. The molecule has 1 atom stereocenters. The maximum atomic E-state index is 13.5. The Balaban J connectivity index is 2.03. The Hall–Kier alpha value is -2.66. The number of nitrogens with zero attached hydrogens (tertiary/aromatic N) is 1. The zero-order valence-corrected chi connectivity index (χ0v) is 13.3. The molecule has 1 aliphatic heterocycles. The van der Waals surface area contributed by atoms with Gasteiger partial charge >= 0.3 is 0 Å². The Bertz CT molecular complexity index is 1040. The Morgan fingerprint density at radius 1 is 1.12 bits per heavy atom. The van der Waals surface area contributed by atoms with E-state index in [1.165, 1.54) is 17.0 Å². The molecule has 4 nitrogen and oxygen atoms in total. The number of benzene rings is 2. The first-order valence-electron chi connectivity index (χ1n) is 7.26. The molecule has 6 heteroatoms. The molecule has 0 saturated carbocycles. The van der Waals surface area contributed by atoms with Gasteiger partial charge in [0.1, 0.15) is 11.4 Å². The van der Waals surface area contributed by atoms with Gasteiger partial charge in [-0.1, -0.05) is 23.7 Å². The molecule has 1 aromatic heterocycles. The second-order valence-electron chi connectivity index (χ2n) is 5.68. The predicted octanol–water partition coefficient (Wildman–Crippen LogP) is 3.76. The van der Waals surface area contributed by atoms with Crippen molar-refractivity contribution in [2.75, 3.05) is 7.05 Å². The van der Waals surface area contributed by atoms with E-state index in [1.807, 2.05) is 0 Å². The van der Waals surface area contributed by atoms with Gasteiger partial charge in [-0.25, -0.2) is 4.39 Å². The standard InChI is InChI=1S/C18H11ClFNO3/c1-21-15(9-2-4-10(19)5-3-9)14-16(22)12-8-11(20)6-7-13(12)24-17(14)18(21)23/h2-8,15H,1H3. The lowest BCUT2D eigenvalue weighted by Crippen LogP contribution is -2.25. The lowest BCUT2D eigenvalue weighted by molar-refractivity contribution is 0.0771. The number of hydrogen-bond acceptors (Lipinski definition) is 3. The molecule has 0 fully saturated rings. The van der Waals surface area contributed by atoms with Gasteiger partial charge in [-0.05, 0) is 35.9 Å². The highest BCUT2D eigenvalue weighted by atomic mass is 35.5. The number of hydrogen-bond donors (Lipinski definition) is 0. The minimum atomic E-state index is -0.589. The second kappa shape index (κ2) is 5.18. The van der Waals surface area contributed by atoms with Crippen LogP contribution in [0.15, 0.2) is 51.7 Å². The first-order valence-corrected chi connectivity index (χ1v) is 7.64. The summed E-state index contributed by atoms with van der Waals surface area (Å²) < 4.78 is 19.1. The molecule has 1 unspecified atom stereocenters. The second-order valence-corrected chi connectivity index (χ2v) is 6.12. The summed E-state index contributed by atoms with van der Waals surface area (Å²) in [5.74, 6) is -0.912. The molecule has 3 aromatic rings. The normalized spacial score (nSPS) is 16.7. The van der Waals surface area contributed by atoms with E-state index in [1.54, 1.807) is 31.3 Å². The highest BCUT2D eigenvalue weighted by Gasteiger charge is 2.40. The predicted molar refractivity (Wildman–Crippen MR) is 87.8 cm³/mol. The molecule has 0 saturated heterocycles. The van der Waals surface area contributed by atoms with Crippen LogP contribution in [0.4, 0.5) is 4.39 Å². The summed E-state index contributed by atoms with van der Waals surface area (Å²) in [7, 11) is 1.60. The van der Waals surface area contributed by atoms with Gasteiger partial charge in [-0.3, -0.25) is 9.59 Å². The van der Waals surface area contributed by atoms with Crippen molar-refractivity contribution in [3.05, 3.63) is 80.4 Å². The first kappa shape index (κ1) is 14.9. The van der Waals surface area contributed by atoms with Crippen molar-refractivity contribution < 1.29 is 13.6 Å². The van der Waals surface area contributed by atoms with Crippen LogP contribution < -0.4 is 5.43 Å². The fourth-order valence-electron chi connectivity index (χ4n) is 3.10. The molecule has 2 heterocycles. The maximum Gasteiger partial charge on any atom is 0.290 e. The summed E-state index contributed by atoms with van der Waals surface area (Å²) >= 11 is 5.91. The van der Waals surface area contributed by atoms with Crippen molar-refractivity contribution >= 4 is 28.5 Å². The molecule has 0 bridgehead atoms. The van der Waals surface area contributed by atoms with Gasteiger partial charge in [0.25, 0.3) is 5.91 Å². The van der Waals surface area contributed by atoms with Crippen molar-refractivity contribution in [1.82, 2.24) is 4.90 Å². The molecule has 0 N–H and O–H groups in total. The van der Waals surface area contributed by atoms with Crippen molar-refractivity contribution in [3.8, 4) is 0 Å². The fraction of sp³-hybridized carbons (Fsp3) is 0.111. The summed E-state index contributed by atoms with van der Waals surface area (Å²) in [5.41, 5.74) is 0.752. The van der Waals surface area contributed by atoms with Gasteiger partial charge in [-0.15, -0.1) is 0 Å². The SMILES string of the molecule is CN1C(=O)c2oc3ccc(F)cc3c(=O)c2C1c1ccc(Cl)cc1. The summed E-state index contributed by atoms with van der Waals surface area (Å²) in [5, 5.41) is 0.675. The van der Waals surface area contributed by atoms with E-state index in [4.69, 9.17) is 16.0 Å². The van der Waals surface area contributed by atoms with Gasteiger partial charge in [0.05, 0.1) is 17.0 Å². The largest absolute Gasteiger partial charge is 0.450 e. The highest BCUT2D eigenvalue weighted by Crippen LogP contribution is 2.37. The smallest absolute Gasteiger partial charge is 0.290 e. The Morgan fingerprint density at radius 2 is 1.83 bits per heavy atom.